The minimum Gasteiger partial charge on any atom is -0.479 e. The van der Waals surface area contributed by atoms with E-state index >= 15 is 0 Å². The summed E-state index contributed by atoms with van der Waals surface area (Å²) in [5.41, 5.74) is 0. The monoisotopic (exact) mass is 215 g/mol. The van der Waals surface area contributed by atoms with Gasteiger partial charge in [0.05, 0.1) is 0 Å². The molecule has 0 radical (unpaired) electrons. The fourth-order valence-corrected chi connectivity index (χ4v) is 0.250. The molecule has 3 nitrogen and oxygen atoms in total. The maximum atomic E-state index is 9.76. The zero-order chi connectivity index (χ0) is 10.2. The predicted octanol–water partition coefficient (Wildman–Crippen LogP) is 1.88. The Labute approximate surface area is 83.0 Å². The van der Waals surface area contributed by atoms with Gasteiger partial charge in [0.25, 0.3) is 0 Å². The van der Waals surface area contributed by atoms with Crippen LogP contribution >= 0.6 is 23.2 Å². The second kappa shape index (κ2) is 7.65. The summed E-state index contributed by atoms with van der Waals surface area (Å²) in [7, 11) is 0. The van der Waals surface area contributed by atoms with E-state index in [2.05, 4.69) is 19.2 Å². The van der Waals surface area contributed by atoms with Crippen molar-refractivity contribution in [1.82, 2.24) is 5.32 Å². The van der Waals surface area contributed by atoms with Crippen LogP contribution in [0.3, 0.4) is 0 Å². The minimum absolute atomic E-state index is 1.09. The van der Waals surface area contributed by atoms with Crippen LogP contribution in [0.25, 0.3) is 0 Å². The molecular formula is C7H15Cl2NO2. The van der Waals surface area contributed by atoms with Gasteiger partial charge in [-0.3, -0.25) is 0 Å². The van der Waals surface area contributed by atoms with Gasteiger partial charge in [0.2, 0.25) is 4.33 Å². The Balaban J connectivity index is 0. The summed E-state index contributed by atoms with van der Waals surface area (Å²) in [5, 5.41) is 11.1. The Hall–Kier alpha value is 0.01000. The summed E-state index contributed by atoms with van der Waals surface area (Å²) >= 11 is 10.1. The van der Waals surface area contributed by atoms with Gasteiger partial charge in [0.15, 0.2) is 0 Å². The first-order valence-electron chi connectivity index (χ1n) is 3.68. The number of carbonyl (C=O) groups is 1. The minimum atomic E-state index is -1.64. The summed E-state index contributed by atoms with van der Waals surface area (Å²) < 4.78 is -1.64. The van der Waals surface area contributed by atoms with Crippen molar-refractivity contribution in [3.05, 3.63) is 0 Å². The molecule has 0 atom stereocenters. The molecule has 2 N–H and O–H groups in total. The Morgan fingerprint density at radius 1 is 1.42 bits per heavy atom. The number of carboxylic acids is 1. The molecule has 0 aliphatic heterocycles. The molecule has 74 valence electrons. The van der Waals surface area contributed by atoms with Crippen LogP contribution in [0.15, 0.2) is 0 Å². The van der Waals surface area contributed by atoms with Crippen molar-refractivity contribution in [2.24, 2.45) is 0 Å². The van der Waals surface area contributed by atoms with E-state index in [1.54, 1.807) is 0 Å². The highest BCUT2D eigenvalue weighted by Crippen LogP contribution is 2.18. The summed E-state index contributed by atoms with van der Waals surface area (Å²) in [6.07, 6.45) is 0. The van der Waals surface area contributed by atoms with Gasteiger partial charge in [-0.1, -0.05) is 37.0 Å². The first-order chi connectivity index (χ1) is 5.36. The van der Waals surface area contributed by atoms with Gasteiger partial charge < -0.3 is 10.4 Å². The van der Waals surface area contributed by atoms with Crippen LogP contribution in [0.4, 0.5) is 0 Å². The molecule has 0 aromatic rings. The van der Waals surface area contributed by atoms with Crippen LogP contribution in [0.5, 0.6) is 0 Å². The van der Waals surface area contributed by atoms with Crippen molar-refractivity contribution in [2.45, 2.75) is 25.1 Å². The molecule has 0 heterocycles. The SMILES string of the molecule is CC(Cl)(Cl)C(=O)O.CCNCC. The van der Waals surface area contributed by atoms with E-state index in [0.717, 1.165) is 13.1 Å². The van der Waals surface area contributed by atoms with Crippen LogP contribution in [-0.2, 0) is 4.79 Å². The van der Waals surface area contributed by atoms with Gasteiger partial charge in [-0.15, -0.1) is 0 Å². The van der Waals surface area contributed by atoms with Crippen molar-refractivity contribution in [2.75, 3.05) is 13.1 Å². The highest BCUT2D eigenvalue weighted by Gasteiger charge is 2.25. The topological polar surface area (TPSA) is 49.3 Å². The largest absolute Gasteiger partial charge is 0.479 e. The van der Waals surface area contributed by atoms with E-state index in [9.17, 15) is 4.79 Å². The molecule has 0 bridgehead atoms. The Kier molecular flexibility index (Phi) is 9.26. The third-order valence-electron chi connectivity index (χ3n) is 0.876. The van der Waals surface area contributed by atoms with Crippen LogP contribution < -0.4 is 5.32 Å². The molecule has 12 heavy (non-hydrogen) atoms. The molecule has 0 spiro atoms. The fourth-order valence-electron chi connectivity index (χ4n) is 0.250. The lowest BCUT2D eigenvalue weighted by Crippen LogP contribution is -2.19. The molecule has 0 aliphatic carbocycles. The van der Waals surface area contributed by atoms with E-state index in [-0.39, 0.29) is 0 Å². The molecule has 0 aromatic heterocycles. The zero-order valence-corrected chi connectivity index (χ0v) is 9.04. The van der Waals surface area contributed by atoms with Gasteiger partial charge in [0.1, 0.15) is 0 Å². The number of nitrogens with one attached hydrogen (secondary N) is 1. The number of halogens is 2. The maximum Gasteiger partial charge on any atom is 0.339 e. The molecule has 0 saturated carbocycles. The second-order valence-electron chi connectivity index (χ2n) is 2.15. The summed E-state index contributed by atoms with van der Waals surface area (Å²) in [5.74, 6) is -1.23. The summed E-state index contributed by atoms with van der Waals surface area (Å²) in [6.45, 7) is 7.58. The van der Waals surface area contributed by atoms with Crippen LogP contribution in [-0.4, -0.2) is 28.5 Å². The number of hydrogen-bond donors (Lipinski definition) is 2. The standard InChI is InChI=1S/C4H11N.C3H4Cl2O2/c1-3-5-4-2;1-3(4,5)2(6)7/h5H,3-4H2,1-2H3;1H3,(H,6,7). The lowest BCUT2D eigenvalue weighted by molar-refractivity contribution is -0.137. The van der Waals surface area contributed by atoms with Crippen molar-refractivity contribution >= 4 is 29.2 Å². The number of carboxylic acid groups (broad SMARTS) is 1. The van der Waals surface area contributed by atoms with E-state index in [1.807, 2.05) is 0 Å². The van der Waals surface area contributed by atoms with Crippen LogP contribution in [0, 0.1) is 0 Å². The molecule has 0 rings (SSSR count). The van der Waals surface area contributed by atoms with E-state index in [1.165, 1.54) is 6.92 Å². The summed E-state index contributed by atoms with van der Waals surface area (Å²) in [6, 6.07) is 0. The quantitative estimate of drug-likeness (QED) is 0.708. The average Bonchev–Trinajstić information content (AvgIpc) is 1.88. The van der Waals surface area contributed by atoms with Gasteiger partial charge in [-0.25, -0.2) is 4.79 Å². The van der Waals surface area contributed by atoms with Crippen LogP contribution in [0.2, 0.25) is 0 Å². The molecule has 0 aromatic carbocycles. The molecule has 0 fully saturated rings. The zero-order valence-electron chi connectivity index (χ0n) is 7.53. The first kappa shape index (κ1) is 14.5. The van der Waals surface area contributed by atoms with Gasteiger partial charge in [-0.05, 0) is 20.0 Å². The number of alkyl halides is 2. The van der Waals surface area contributed by atoms with E-state index in [4.69, 9.17) is 28.3 Å². The summed E-state index contributed by atoms with van der Waals surface area (Å²) in [4.78, 5) is 9.76. The number of aliphatic carboxylic acids is 1. The van der Waals surface area contributed by atoms with E-state index in [0.29, 0.717) is 0 Å². The predicted molar refractivity (Wildman–Crippen MR) is 52.0 cm³/mol. The van der Waals surface area contributed by atoms with Crippen molar-refractivity contribution in [1.29, 1.82) is 0 Å². The maximum absolute atomic E-state index is 9.76. The average molecular weight is 216 g/mol. The Morgan fingerprint density at radius 2 is 1.67 bits per heavy atom. The van der Waals surface area contributed by atoms with Crippen molar-refractivity contribution < 1.29 is 9.90 Å². The molecular weight excluding hydrogens is 201 g/mol. The molecule has 0 amide bonds. The third kappa shape index (κ3) is 12.7. The first-order valence-corrected chi connectivity index (χ1v) is 4.43. The number of rotatable bonds is 3. The lowest BCUT2D eigenvalue weighted by atomic mass is 10.5. The fraction of sp³-hybridized carbons (Fsp3) is 0.857. The van der Waals surface area contributed by atoms with Gasteiger partial charge in [-0.2, -0.15) is 0 Å². The van der Waals surface area contributed by atoms with E-state index < -0.39 is 10.3 Å². The van der Waals surface area contributed by atoms with Crippen LogP contribution in [0.1, 0.15) is 20.8 Å². The normalized spacial score (nSPS) is 10.1. The number of hydrogen-bond acceptors (Lipinski definition) is 2. The highest BCUT2D eigenvalue weighted by molar-refractivity contribution is 6.56. The molecule has 5 heteroatoms. The molecule has 0 unspecified atom stereocenters. The van der Waals surface area contributed by atoms with Gasteiger partial charge >= 0.3 is 5.97 Å². The third-order valence-corrected chi connectivity index (χ3v) is 1.20. The van der Waals surface area contributed by atoms with Gasteiger partial charge in [0, 0.05) is 0 Å². The molecule has 0 saturated heterocycles. The highest BCUT2D eigenvalue weighted by atomic mass is 35.5. The van der Waals surface area contributed by atoms with Crippen molar-refractivity contribution in [3.63, 3.8) is 0 Å². The van der Waals surface area contributed by atoms with Crippen molar-refractivity contribution in [3.8, 4) is 0 Å². The lowest BCUT2D eigenvalue weighted by Gasteiger charge is -2.02. The smallest absolute Gasteiger partial charge is 0.339 e. The molecule has 0 aliphatic rings. The Morgan fingerprint density at radius 3 is 1.67 bits per heavy atom. The Bertz CT molecular complexity index is 121. The second-order valence-corrected chi connectivity index (χ2v) is 3.86.